The van der Waals surface area contributed by atoms with Crippen molar-refractivity contribution >= 4 is 11.9 Å². The molecule has 0 aliphatic heterocycles. The largest absolute Gasteiger partial charge is 0.480 e. The minimum Gasteiger partial charge on any atom is -0.480 e. The van der Waals surface area contributed by atoms with Crippen molar-refractivity contribution in [3.63, 3.8) is 0 Å². The van der Waals surface area contributed by atoms with Crippen LogP contribution in [0.5, 0.6) is 0 Å². The number of carboxylic acid groups (broad SMARTS) is 1. The number of hydrogen-bond acceptors (Lipinski definition) is 2. The highest BCUT2D eigenvalue weighted by Crippen LogP contribution is 2.41. The SMILES string of the molecule is CC(C)CCC[C@H]1CC[C@@](C)(C(=O)N(C)CC(=O)O)CC1. The Balaban J connectivity index is 2.42. The average Bonchev–Trinajstić information content (AvgIpc) is 2.39. The van der Waals surface area contributed by atoms with Crippen molar-refractivity contribution in [2.75, 3.05) is 13.6 Å². The minimum atomic E-state index is -0.947. The van der Waals surface area contributed by atoms with E-state index < -0.39 is 5.97 Å². The van der Waals surface area contributed by atoms with Gasteiger partial charge in [0.15, 0.2) is 0 Å². The summed E-state index contributed by atoms with van der Waals surface area (Å²) in [6, 6.07) is 0. The molecular formula is C17H31NO3. The highest BCUT2D eigenvalue weighted by molar-refractivity contribution is 5.85. The second-order valence-corrected chi connectivity index (χ2v) is 7.38. The molecule has 0 saturated heterocycles. The molecule has 0 aromatic carbocycles. The summed E-state index contributed by atoms with van der Waals surface area (Å²) in [5.74, 6) is 0.557. The lowest BCUT2D eigenvalue weighted by Crippen LogP contribution is -2.44. The second-order valence-electron chi connectivity index (χ2n) is 7.38. The van der Waals surface area contributed by atoms with Crippen molar-refractivity contribution in [2.24, 2.45) is 17.3 Å². The van der Waals surface area contributed by atoms with Crippen molar-refractivity contribution in [3.05, 3.63) is 0 Å². The molecule has 0 unspecified atom stereocenters. The third-order valence-electron chi connectivity index (χ3n) is 4.84. The molecule has 0 aromatic rings. The maximum Gasteiger partial charge on any atom is 0.323 e. The first-order valence-electron chi connectivity index (χ1n) is 8.22. The normalized spacial score (nSPS) is 25.9. The molecule has 1 amide bonds. The zero-order valence-electron chi connectivity index (χ0n) is 14.0. The Morgan fingerprint density at radius 2 is 1.86 bits per heavy atom. The summed E-state index contributed by atoms with van der Waals surface area (Å²) >= 11 is 0. The van der Waals surface area contributed by atoms with Gasteiger partial charge in [0.2, 0.25) is 5.91 Å². The Bertz CT molecular complexity index is 357. The van der Waals surface area contributed by atoms with Crippen LogP contribution in [0, 0.1) is 17.3 Å². The van der Waals surface area contributed by atoms with Gasteiger partial charge in [-0.3, -0.25) is 9.59 Å². The molecule has 1 aliphatic rings. The fourth-order valence-corrected chi connectivity index (χ4v) is 3.37. The summed E-state index contributed by atoms with van der Waals surface area (Å²) in [5.41, 5.74) is -0.362. The molecule has 4 nitrogen and oxygen atoms in total. The van der Waals surface area contributed by atoms with Crippen LogP contribution in [-0.2, 0) is 9.59 Å². The van der Waals surface area contributed by atoms with Gasteiger partial charge in [0.1, 0.15) is 6.54 Å². The molecule has 1 aliphatic carbocycles. The molecule has 0 bridgehead atoms. The zero-order valence-corrected chi connectivity index (χ0v) is 14.0. The summed E-state index contributed by atoms with van der Waals surface area (Å²) in [4.78, 5) is 24.5. The predicted octanol–water partition coefficient (Wildman–Crippen LogP) is 3.55. The molecule has 0 radical (unpaired) electrons. The molecule has 1 rings (SSSR count). The van der Waals surface area contributed by atoms with Gasteiger partial charge in [-0.1, -0.05) is 40.0 Å². The highest BCUT2D eigenvalue weighted by atomic mass is 16.4. The summed E-state index contributed by atoms with van der Waals surface area (Å²) in [6.45, 7) is 6.31. The number of amides is 1. The van der Waals surface area contributed by atoms with Gasteiger partial charge < -0.3 is 10.0 Å². The van der Waals surface area contributed by atoms with Gasteiger partial charge in [0.05, 0.1) is 0 Å². The average molecular weight is 297 g/mol. The van der Waals surface area contributed by atoms with Crippen molar-refractivity contribution < 1.29 is 14.7 Å². The molecule has 0 atom stereocenters. The summed E-state index contributed by atoms with van der Waals surface area (Å²) in [5, 5.41) is 8.81. The molecular weight excluding hydrogens is 266 g/mol. The summed E-state index contributed by atoms with van der Waals surface area (Å²) in [6.07, 6.45) is 7.82. The fourth-order valence-electron chi connectivity index (χ4n) is 3.37. The van der Waals surface area contributed by atoms with Crippen LogP contribution in [0.25, 0.3) is 0 Å². The van der Waals surface area contributed by atoms with E-state index in [4.69, 9.17) is 5.11 Å². The van der Waals surface area contributed by atoms with E-state index >= 15 is 0 Å². The van der Waals surface area contributed by atoms with E-state index in [1.54, 1.807) is 7.05 Å². The van der Waals surface area contributed by atoms with Crippen LogP contribution in [-0.4, -0.2) is 35.5 Å². The van der Waals surface area contributed by atoms with E-state index in [1.807, 2.05) is 6.92 Å². The van der Waals surface area contributed by atoms with Crippen molar-refractivity contribution in [1.82, 2.24) is 4.90 Å². The van der Waals surface area contributed by atoms with Crippen LogP contribution in [0.15, 0.2) is 0 Å². The third-order valence-corrected chi connectivity index (χ3v) is 4.84. The minimum absolute atomic E-state index is 0.00877. The predicted molar refractivity (Wildman–Crippen MR) is 84.0 cm³/mol. The molecule has 1 fully saturated rings. The summed E-state index contributed by atoms with van der Waals surface area (Å²) in [7, 11) is 1.59. The number of hydrogen-bond donors (Lipinski definition) is 1. The van der Waals surface area contributed by atoms with Gasteiger partial charge in [0.25, 0.3) is 0 Å². The maximum absolute atomic E-state index is 12.4. The molecule has 0 heterocycles. The highest BCUT2D eigenvalue weighted by Gasteiger charge is 2.39. The van der Waals surface area contributed by atoms with Gasteiger partial charge in [-0.05, 0) is 37.5 Å². The Labute approximate surface area is 128 Å². The standard InChI is InChI=1S/C17H31NO3/c1-13(2)6-5-7-14-8-10-17(3,11-9-14)16(21)18(4)12-15(19)20/h13-14H,5-12H2,1-4H3,(H,19,20)/t14-,17+. The van der Waals surface area contributed by atoms with Gasteiger partial charge >= 0.3 is 5.97 Å². The first-order valence-corrected chi connectivity index (χ1v) is 8.22. The monoisotopic (exact) mass is 297 g/mol. The van der Waals surface area contributed by atoms with E-state index in [9.17, 15) is 9.59 Å². The number of aliphatic carboxylic acids is 1. The van der Waals surface area contributed by atoms with E-state index in [0.29, 0.717) is 0 Å². The molecule has 1 N–H and O–H groups in total. The van der Waals surface area contributed by atoms with E-state index in [0.717, 1.165) is 37.5 Å². The molecule has 1 saturated carbocycles. The first kappa shape index (κ1) is 18.0. The Morgan fingerprint density at radius 1 is 1.29 bits per heavy atom. The third kappa shape index (κ3) is 5.68. The smallest absolute Gasteiger partial charge is 0.323 e. The van der Waals surface area contributed by atoms with E-state index in [1.165, 1.54) is 24.2 Å². The Morgan fingerprint density at radius 3 is 2.33 bits per heavy atom. The Kier molecular flexibility index (Phi) is 6.69. The van der Waals surface area contributed by atoms with Gasteiger partial charge in [-0.25, -0.2) is 0 Å². The van der Waals surface area contributed by atoms with Crippen LogP contribution < -0.4 is 0 Å². The molecule has 0 spiro atoms. The molecule has 122 valence electrons. The van der Waals surface area contributed by atoms with Crippen molar-refractivity contribution in [3.8, 4) is 0 Å². The maximum atomic E-state index is 12.4. The van der Waals surface area contributed by atoms with E-state index in [-0.39, 0.29) is 17.9 Å². The second kappa shape index (κ2) is 7.81. The topological polar surface area (TPSA) is 57.6 Å². The Hall–Kier alpha value is -1.06. The number of nitrogens with zero attached hydrogens (tertiary/aromatic N) is 1. The summed E-state index contributed by atoms with van der Waals surface area (Å²) < 4.78 is 0. The fraction of sp³-hybridized carbons (Fsp3) is 0.882. The first-order chi connectivity index (χ1) is 9.74. The van der Waals surface area contributed by atoms with Crippen LogP contribution in [0.2, 0.25) is 0 Å². The molecule has 21 heavy (non-hydrogen) atoms. The quantitative estimate of drug-likeness (QED) is 0.781. The van der Waals surface area contributed by atoms with Crippen LogP contribution in [0.1, 0.15) is 65.7 Å². The number of likely N-dealkylation sites (N-methyl/N-ethyl adjacent to an activating group) is 1. The van der Waals surface area contributed by atoms with E-state index in [2.05, 4.69) is 13.8 Å². The van der Waals surface area contributed by atoms with Crippen molar-refractivity contribution in [1.29, 1.82) is 0 Å². The number of rotatable bonds is 7. The van der Waals surface area contributed by atoms with Gasteiger partial charge in [-0.2, -0.15) is 0 Å². The van der Waals surface area contributed by atoms with Crippen LogP contribution >= 0.6 is 0 Å². The lowest BCUT2D eigenvalue weighted by Gasteiger charge is -2.38. The molecule has 0 aromatic heterocycles. The van der Waals surface area contributed by atoms with Gasteiger partial charge in [0, 0.05) is 12.5 Å². The van der Waals surface area contributed by atoms with Gasteiger partial charge in [-0.15, -0.1) is 0 Å². The van der Waals surface area contributed by atoms with Crippen LogP contribution in [0.4, 0.5) is 0 Å². The van der Waals surface area contributed by atoms with Crippen LogP contribution in [0.3, 0.4) is 0 Å². The lowest BCUT2D eigenvalue weighted by molar-refractivity contribution is -0.149. The number of carbonyl (C=O) groups is 2. The van der Waals surface area contributed by atoms with Crippen molar-refractivity contribution in [2.45, 2.75) is 65.7 Å². The lowest BCUT2D eigenvalue weighted by atomic mass is 9.70. The number of carboxylic acids is 1. The molecule has 4 heteroatoms. The number of carbonyl (C=O) groups excluding carboxylic acids is 1. The zero-order chi connectivity index (χ0) is 16.0.